The predicted octanol–water partition coefficient (Wildman–Crippen LogP) is 5.81. The molecule has 2 heterocycles. The number of methoxy groups -OCH3 is 1. The maximum Gasteiger partial charge on any atom is 0.323 e. The van der Waals surface area contributed by atoms with Gasteiger partial charge >= 0.3 is 6.03 Å². The zero-order valence-corrected chi connectivity index (χ0v) is 18.2. The van der Waals surface area contributed by atoms with Gasteiger partial charge in [0, 0.05) is 34.5 Å². The molecule has 0 atom stereocenters. The first-order valence-corrected chi connectivity index (χ1v) is 10.2. The summed E-state index contributed by atoms with van der Waals surface area (Å²) in [5.74, 6) is 0.588. The van der Waals surface area contributed by atoms with Crippen LogP contribution in [0.4, 0.5) is 16.2 Å². The molecule has 0 spiro atoms. The summed E-state index contributed by atoms with van der Waals surface area (Å²) in [5, 5.41) is 6.77. The number of ether oxygens (including phenoxy) is 1. The van der Waals surface area contributed by atoms with Gasteiger partial charge in [-0.2, -0.15) is 0 Å². The van der Waals surface area contributed by atoms with Crippen LogP contribution in [-0.4, -0.2) is 22.7 Å². The van der Waals surface area contributed by atoms with Gasteiger partial charge in [-0.3, -0.25) is 4.98 Å². The minimum Gasteiger partial charge on any atom is -0.495 e. The van der Waals surface area contributed by atoms with Crippen molar-refractivity contribution in [2.75, 3.05) is 17.7 Å². The Morgan fingerprint density at radius 1 is 1.10 bits per heavy atom. The second-order valence-corrected chi connectivity index (χ2v) is 7.83. The summed E-state index contributed by atoms with van der Waals surface area (Å²) in [6.45, 7) is 2.72. The van der Waals surface area contributed by atoms with E-state index in [1.54, 1.807) is 19.2 Å². The molecule has 2 N–H and O–H groups in total. The number of aryl methyl sites for hydroxylation is 1. The number of hydrogen-bond acceptors (Lipinski definition) is 3. The van der Waals surface area contributed by atoms with Crippen molar-refractivity contribution in [3.05, 3.63) is 82.7 Å². The molecule has 0 saturated heterocycles. The number of benzene rings is 2. The summed E-state index contributed by atoms with van der Waals surface area (Å²) < 4.78 is 8.33. The molecule has 30 heavy (non-hydrogen) atoms. The maximum atomic E-state index is 12.6. The zero-order chi connectivity index (χ0) is 21.1. The Bertz CT molecular complexity index is 1220. The summed E-state index contributed by atoms with van der Waals surface area (Å²) in [4.78, 5) is 16.9. The number of carbonyl (C=O) groups excluding carboxylic acids is 1. The molecule has 0 fully saturated rings. The fraction of sp³-hybridized carbons (Fsp3) is 0.130. The van der Waals surface area contributed by atoms with Crippen molar-refractivity contribution >= 4 is 44.2 Å². The van der Waals surface area contributed by atoms with Crippen LogP contribution < -0.4 is 15.4 Å². The van der Waals surface area contributed by atoms with E-state index in [0.29, 0.717) is 11.4 Å². The quantitative estimate of drug-likeness (QED) is 0.391. The first-order chi connectivity index (χ1) is 14.5. The first-order valence-electron chi connectivity index (χ1n) is 9.44. The molecule has 0 aliphatic rings. The third-order valence-corrected chi connectivity index (χ3v) is 5.28. The van der Waals surface area contributed by atoms with Crippen LogP contribution in [0, 0.1) is 6.92 Å². The Hall–Kier alpha value is -3.32. The second-order valence-electron chi connectivity index (χ2n) is 6.91. The van der Waals surface area contributed by atoms with E-state index in [4.69, 9.17) is 4.74 Å². The number of aromatic nitrogens is 2. The summed E-state index contributed by atoms with van der Waals surface area (Å²) in [6, 6.07) is 17.1. The summed E-state index contributed by atoms with van der Waals surface area (Å²) in [6.07, 6.45) is 3.85. The molecule has 0 bridgehead atoms. The Morgan fingerprint density at radius 2 is 1.93 bits per heavy atom. The lowest BCUT2D eigenvalue weighted by Gasteiger charge is -2.12. The standard InChI is InChI=1S/C23H21BrN4O2/c1-15-12-16(8-10-25-15)14-28-11-9-18-19(4-3-5-21(18)28)26-23(29)27-20-13-17(24)6-7-22(20)30-2/h3-13H,14H2,1-2H3,(H2,26,27,29). The number of rotatable bonds is 5. The minimum absolute atomic E-state index is 0.337. The molecular weight excluding hydrogens is 444 g/mol. The minimum atomic E-state index is -0.337. The normalized spacial score (nSPS) is 10.8. The molecule has 0 aliphatic carbocycles. The van der Waals surface area contributed by atoms with Crippen LogP contribution >= 0.6 is 15.9 Å². The van der Waals surface area contributed by atoms with E-state index in [1.807, 2.05) is 55.7 Å². The van der Waals surface area contributed by atoms with E-state index >= 15 is 0 Å². The van der Waals surface area contributed by atoms with Gasteiger partial charge in [0.2, 0.25) is 0 Å². The van der Waals surface area contributed by atoms with Crippen LogP contribution in [0.2, 0.25) is 0 Å². The topological polar surface area (TPSA) is 68.2 Å². The Balaban J connectivity index is 1.56. The molecule has 0 radical (unpaired) electrons. The number of nitrogens with one attached hydrogen (secondary N) is 2. The number of nitrogens with zero attached hydrogens (tertiary/aromatic N) is 2. The monoisotopic (exact) mass is 464 g/mol. The SMILES string of the molecule is COc1ccc(Br)cc1NC(=O)Nc1cccc2c1ccn2Cc1ccnc(C)c1. The molecule has 4 rings (SSSR count). The number of carbonyl (C=O) groups is 1. The average Bonchev–Trinajstić information content (AvgIpc) is 3.12. The molecule has 6 nitrogen and oxygen atoms in total. The lowest BCUT2D eigenvalue weighted by atomic mass is 10.2. The molecule has 2 aromatic heterocycles. The molecule has 0 saturated carbocycles. The number of halogens is 1. The number of urea groups is 1. The molecule has 7 heteroatoms. The lowest BCUT2D eigenvalue weighted by Crippen LogP contribution is -2.20. The second kappa shape index (κ2) is 8.59. The molecule has 2 aromatic carbocycles. The van der Waals surface area contributed by atoms with Crippen molar-refractivity contribution in [3.63, 3.8) is 0 Å². The summed E-state index contributed by atoms with van der Waals surface area (Å²) in [7, 11) is 1.57. The van der Waals surface area contributed by atoms with Crippen LogP contribution in [0.5, 0.6) is 5.75 Å². The molecule has 152 valence electrons. The van der Waals surface area contributed by atoms with Crippen molar-refractivity contribution in [2.45, 2.75) is 13.5 Å². The number of fused-ring (bicyclic) bond motifs is 1. The van der Waals surface area contributed by atoms with Gasteiger partial charge in [-0.25, -0.2) is 4.79 Å². The number of anilines is 2. The highest BCUT2D eigenvalue weighted by Crippen LogP contribution is 2.29. The molecule has 2 amide bonds. The molecular formula is C23H21BrN4O2. The largest absolute Gasteiger partial charge is 0.495 e. The van der Waals surface area contributed by atoms with Crippen LogP contribution in [0.25, 0.3) is 10.9 Å². The van der Waals surface area contributed by atoms with Crippen molar-refractivity contribution in [1.29, 1.82) is 0 Å². The number of amides is 2. The van der Waals surface area contributed by atoms with Gasteiger partial charge in [-0.05, 0) is 61.0 Å². The number of hydrogen-bond donors (Lipinski definition) is 2. The summed E-state index contributed by atoms with van der Waals surface area (Å²) >= 11 is 3.42. The lowest BCUT2D eigenvalue weighted by molar-refractivity contribution is 0.262. The van der Waals surface area contributed by atoms with Gasteiger partial charge in [-0.15, -0.1) is 0 Å². The van der Waals surface area contributed by atoms with Crippen LogP contribution in [-0.2, 0) is 6.54 Å². The van der Waals surface area contributed by atoms with Crippen LogP contribution in [0.15, 0.2) is 71.5 Å². The number of pyridine rings is 1. The first kappa shape index (κ1) is 20.0. The smallest absolute Gasteiger partial charge is 0.323 e. The zero-order valence-electron chi connectivity index (χ0n) is 16.6. The molecule has 4 aromatic rings. The van der Waals surface area contributed by atoms with Gasteiger partial charge in [0.25, 0.3) is 0 Å². The fourth-order valence-corrected chi connectivity index (χ4v) is 3.78. The van der Waals surface area contributed by atoms with E-state index in [2.05, 4.69) is 42.2 Å². The van der Waals surface area contributed by atoms with Gasteiger partial charge < -0.3 is 19.9 Å². The molecule has 0 aliphatic heterocycles. The maximum absolute atomic E-state index is 12.6. The van der Waals surface area contributed by atoms with Gasteiger partial charge in [0.05, 0.1) is 24.0 Å². The van der Waals surface area contributed by atoms with E-state index < -0.39 is 0 Å². The van der Waals surface area contributed by atoms with Crippen molar-refractivity contribution in [3.8, 4) is 5.75 Å². The fourth-order valence-electron chi connectivity index (χ4n) is 3.42. The highest BCUT2D eigenvalue weighted by atomic mass is 79.9. The van der Waals surface area contributed by atoms with Gasteiger partial charge in [-0.1, -0.05) is 22.0 Å². The van der Waals surface area contributed by atoms with E-state index in [9.17, 15) is 4.79 Å². The highest BCUT2D eigenvalue weighted by molar-refractivity contribution is 9.10. The van der Waals surface area contributed by atoms with Crippen molar-refractivity contribution in [1.82, 2.24) is 9.55 Å². The average molecular weight is 465 g/mol. The Labute approximate surface area is 183 Å². The van der Waals surface area contributed by atoms with Gasteiger partial charge in [0.15, 0.2) is 0 Å². The third-order valence-electron chi connectivity index (χ3n) is 4.79. The Morgan fingerprint density at radius 3 is 2.73 bits per heavy atom. The Kier molecular flexibility index (Phi) is 5.72. The van der Waals surface area contributed by atoms with Crippen molar-refractivity contribution < 1.29 is 9.53 Å². The highest BCUT2D eigenvalue weighted by Gasteiger charge is 2.11. The third kappa shape index (κ3) is 4.31. The van der Waals surface area contributed by atoms with E-state index in [1.165, 1.54) is 5.56 Å². The van der Waals surface area contributed by atoms with E-state index in [0.717, 1.165) is 33.3 Å². The predicted molar refractivity (Wildman–Crippen MR) is 123 cm³/mol. The molecule has 0 unspecified atom stereocenters. The summed E-state index contributed by atoms with van der Waals surface area (Å²) in [5.41, 5.74) is 4.54. The van der Waals surface area contributed by atoms with Crippen molar-refractivity contribution in [2.24, 2.45) is 0 Å². The van der Waals surface area contributed by atoms with Crippen LogP contribution in [0.3, 0.4) is 0 Å². The van der Waals surface area contributed by atoms with Crippen LogP contribution in [0.1, 0.15) is 11.3 Å². The van der Waals surface area contributed by atoms with E-state index in [-0.39, 0.29) is 6.03 Å². The van der Waals surface area contributed by atoms with Gasteiger partial charge in [0.1, 0.15) is 5.75 Å².